The minimum Gasteiger partial charge on any atom is -0.456 e. The molecule has 0 spiro atoms. The van der Waals surface area contributed by atoms with Crippen LogP contribution in [0.25, 0.3) is 87.3 Å². The maximum absolute atomic E-state index is 9.24. The number of benzene rings is 8. The zero-order valence-electron chi connectivity index (χ0n) is 26.0. The van der Waals surface area contributed by atoms with E-state index in [2.05, 4.69) is 48.5 Å². The van der Waals surface area contributed by atoms with Gasteiger partial charge in [-0.15, -0.1) is 0 Å². The van der Waals surface area contributed by atoms with E-state index in [4.69, 9.17) is 4.42 Å². The summed E-state index contributed by atoms with van der Waals surface area (Å²) in [5.74, 6) is 0. The molecule has 1 heterocycles. The van der Waals surface area contributed by atoms with E-state index >= 15 is 0 Å². The summed E-state index contributed by atoms with van der Waals surface area (Å²) in [6.07, 6.45) is 0. The van der Waals surface area contributed by atoms with Crippen LogP contribution < -0.4 is 0 Å². The smallest absolute Gasteiger partial charge is 0.136 e. The van der Waals surface area contributed by atoms with Crippen molar-refractivity contribution in [3.05, 3.63) is 145 Å². The minimum absolute atomic E-state index is 0.0626. The molecule has 0 aliphatic carbocycles. The fourth-order valence-corrected chi connectivity index (χ4v) is 6.30. The molecule has 0 N–H and O–H groups in total. The van der Waals surface area contributed by atoms with E-state index in [0.29, 0.717) is 22.3 Å². The van der Waals surface area contributed by atoms with Gasteiger partial charge in [-0.2, -0.15) is 0 Å². The Bertz CT molecular complexity index is 2680. The molecular weight excluding hydrogens is 496 g/mol. The van der Waals surface area contributed by atoms with Crippen molar-refractivity contribution in [2.24, 2.45) is 0 Å². The van der Waals surface area contributed by atoms with E-state index in [9.17, 15) is 5.48 Å². The van der Waals surface area contributed by atoms with Crippen LogP contribution in [-0.2, 0) is 0 Å². The Kier molecular flexibility index (Phi) is 3.92. The Morgan fingerprint density at radius 1 is 0.390 bits per heavy atom. The molecule has 0 radical (unpaired) electrons. The number of hydrogen-bond acceptors (Lipinski definition) is 1. The molecule has 8 aromatic carbocycles. The topological polar surface area (TPSA) is 13.1 Å². The van der Waals surface area contributed by atoms with Crippen molar-refractivity contribution in [2.75, 3.05) is 0 Å². The predicted molar refractivity (Wildman–Crippen MR) is 175 cm³/mol. The third kappa shape index (κ3) is 3.43. The van der Waals surface area contributed by atoms with Gasteiger partial charge >= 0.3 is 0 Å². The van der Waals surface area contributed by atoms with Gasteiger partial charge in [-0.25, -0.2) is 0 Å². The monoisotopic (exact) mass is 524 g/mol. The maximum Gasteiger partial charge on any atom is 0.136 e. The van der Waals surface area contributed by atoms with Crippen LogP contribution >= 0.6 is 0 Å². The second-order valence-corrected chi connectivity index (χ2v) is 10.6. The summed E-state index contributed by atoms with van der Waals surface area (Å²) in [5, 5.41) is 10.2. The Morgan fingerprint density at radius 2 is 1.00 bits per heavy atom. The Morgan fingerprint density at radius 3 is 1.76 bits per heavy atom. The molecule has 0 fully saturated rings. The summed E-state index contributed by atoms with van der Waals surface area (Å²) in [6.45, 7) is 0. The summed E-state index contributed by atoms with van der Waals surface area (Å²) in [4.78, 5) is 0. The molecule has 1 nitrogen and oxygen atoms in total. The van der Waals surface area contributed by atoms with Crippen molar-refractivity contribution >= 4 is 65.0 Å². The Balaban J connectivity index is 1.30. The summed E-state index contributed by atoms with van der Waals surface area (Å²) >= 11 is 0. The summed E-state index contributed by atoms with van der Waals surface area (Å²) in [5.41, 5.74) is 3.25. The lowest BCUT2D eigenvalue weighted by Crippen LogP contribution is -1.85. The predicted octanol–water partition coefficient (Wildman–Crippen LogP) is 11.5. The molecule has 0 atom stereocenters. The third-order valence-electron chi connectivity index (χ3n) is 8.27. The molecule has 190 valence electrons. The van der Waals surface area contributed by atoms with E-state index in [1.165, 1.54) is 5.39 Å². The van der Waals surface area contributed by atoms with Gasteiger partial charge in [0.15, 0.2) is 0 Å². The summed E-state index contributed by atoms with van der Waals surface area (Å²) in [7, 11) is 0. The molecule has 1 heteroatoms. The lowest BCUT2D eigenvalue weighted by Gasteiger charge is -2.12. The van der Waals surface area contributed by atoms with Gasteiger partial charge in [-0.1, -0.05) is 115 Å². The van der Waals surface area contributed by atoms with E-state index in [-0.39, 0.29) is 29.7 Å². The fraction of sp³-hybridized carbons (Fsp3) is 0. The van der Waals surface area contributed by atoms with Crippen molar-refractivity contribution in [1.82, 2.24) is 0 Å². The van der Waals surface area contributed by atoms with Crippen LogP contribution in [-0.4, -0.2) is 0 Å². The average molecular weight is 525 g/mol. The van der Waals surface area contributed by atoms with Crippen molar-refractivity contribution in [1.29, 1.82) is 0 Å². The Hall–Kier alpha value is -5.40. The van der Waals surface area contributed by atoms with Crippen molar-refractivity contribution < 1.29 is 9.90 Å². The van der Waals surface area contributed by atoms with Gasteiger partial charge in [0.25, 0.3) is 0 Å². The SMILES string of the molecule is [2H]c1c([2H])c(-c2cccc3oc4cc5ccccc5cc4c23)c([2H])c([2H])c1-c1cccc2c1ccc1cc3ccccc3cc12. The first kappa shape index (κ1) is 18.8. The lowest BCUT2D eigenvalue weighted by molar-refractivity contribution is 0.669. The molecule has 0 amide bonds. The fourth-order valence-electron chi connectivity index (χ4n) is 6.30. The third-order valence-corrected chi connectivity index (χ3v) is 8.27. The van der Waals surface area contributed by atoms with Crippen LogP contribution in [0.3, 0.4) is 0 Å². The molecular formula is C40H24O. The number of furan rings is 1. The normalized spacial score (nSPS) is 13.3. The molecule has 1 aromatic heterocycles. The quantitative estimate of drug-likeness (QED) is 0.162. The summed E-state index contributed by atoms with van der Waals surface area (Å²) in [6, 6.07) is 40.2. The zero-order valence-corrected chi connectivity index (χ0v) is 22.0. The van der Waals surface area contributed by atoms with Gasteiger partial charge < -0.3 is 4.42 Å². The van der Waals surface area contributed by atoms with Gasteiger partial charge in [0, 0.05) is 10.8 Å². The molecule has 0 saturated heterocycles. The maximum atomic E-state index is 9.24. The van der Waals surface area contributed by atoms with Crippen molar-refractivity contribution in [3.8, 4) is 22.3 Å². The number of fused-ring (bicyclic) bond motifs is 8. The standard InChI is InChI=1S/C40H24O/c1-2-8-28-22-36-31(21-27(28)7-1)19-20-35-32(11-5-13-34(35)36)25-15-17-26(18-16-25)33-12-6-14-38-40(33)37-23-29-9-3-4-10-30(29)24-39(37)41-38/h1-24H/i15D,16D,17D,18D. The van der Waals surface area contributed by atoms with Crippen LogP contribution in [0.1, 0.15) is 5.48 Å². The van der Waals surface area contributed by atoms with Crippen molar-refractivity contribution in [2.45, 2.75) is 0 Å². The lowest BCUT2D eigenvalue weighted by atomic mass is 9.92. The highest BCUT2D eigenvalue weighted by molar-refractivity contribution is 6.17. The highest BCUT2D eigenvalue weighted by Crippen LogP contribution is 2.40. The van der Waals surface area contributed by atoms with Crippen LogP contribution in [0.2, 0.25) is 0 Å². The highest BCUT2D eigenvalue weighted by Gasteiger charge is 2.14. The molecule has 9 aromatic rings. The largest absolute Gasteiger partial charge is 0.456 e. The first-order valence-electron chi connectivity index (χ1n) is 15.8. The second kappa shape index (κ2) is 8.55. The number of rotatable bonds is 2. The molecule has 0 bridgehead atoms. The van der Waals surface area contributed by atoms with E-state index in [1.807, 2.05) is 72.8 Å². The molecule has 0 unspecified atom stereocenters. The second-order valence-electron chi connectivity index (χ2n) is 10.6. The van der Waals surface area contributed by atoms with Gasteiger partial charge in [0.05, 0.1) is 5.48 Å². The Labute approximate surface area is 242 Å². The van der Waals surface area contributed by atoms with Gasteiger partial charge in [-0.05, 0) is 95.7 Å². The molecule has 9 rings (SSSR count). The van der Waals surface area contributed by atoms with Gasteiger partial charge in [-0.3, -0.25) is 0 Å². The zero-order chi connectivity index (χ0) is 30.4. The van der Waals surface area contributed by atoms with Gasteiger partial charge in [0.1, 0.15) is 11.2 Å². The molecule has 41 heavy (non-hydrogen) atoms. The number of hydrogen-bond donors (Lipinski definition) is 0. The molecule has 0 saturated carbocycles. The molecule has 0 aliphatic rings. The van der Waals surface area contributed by atoms with E-state index in [0.717, 1.165) is 54.1 Å². The van der Waals surface area contributed by atoms with Crippen LogP contribution in [0.15, 0.2) is 150 Å². The van der Waals surface area contributed by atoms with Crippen LogP contribution in [0, 0.1) is 0 Å². The molecule has 0 aliphatic heterocycles. The van der Waals surface area contributed by atoms with Gasteiger partial charge in [0.2, 0.25) is 0 Å². The summed E-state index contributed by atoms with van der Waals surface area (Å²) < 4.78 is 43.2. The van der Waals surface area contributed by atoms with Crippen molar-refractivity contribution in [3.63, 3.8) is 0 Å². The van der Waals surface area contributed by atoms with E-state index < -0.39 is 0 Å². The first-order valence-corrected chi connectivity index (χ1v) is 13.8. The van der Waals surface area contributed by atoms with E-state index in [1.54, 1.807) is 0 Å². The average Bonchev–Trinajstić information content (AvgIpc) is 3.43. The highest BCUT2D eigenvalue weighted by atomic mass is 16.3. The van der Waals surface area contributed by atoms with Crippen LogP contribution in [0.5, 0.6) is 0 Å². The van der Waals surface area contributed by atoms with Crippen LogP contribution in [0.4, 0.5) is 0 Å². The first-order chi connectivity index (χ1) is 22.0. The minimum atomic E-state index is -0.0718.